The van der Waals surface area contributed by atoms with Gasteiger partial charge < -0.3 is 30.7 Å². The molecule has 0 saturated heterocycles. The molecule has 0 aliphatic rings. The van der Waals surface area contributed by atoms with Crippen molar-refractivity contribution < 1.29 is 45.4 Å². The van der Waals surface area contributed by atoms with Crippen LogP contribution in [0.3, 0.4) is 0 Å². The summed E-state index contributed by atoms with van der Waals surface area (Å²) in [4.78, 5) is 26.4. The number of hydrogen-bond donors (Lipinski definition) is 4. The Hall–Kier alpha value is -7.74. The fraction of sp³-hybridized carbons (Fsp3) is 0.0435. The van der Waals surface area contributed by atoms with Crippen molar-refractivity contribution in [2.24, 2.45) is 0 Å². The van der Waals surface area contributed by atoms with E-state index in [0.29, 0.717) is 27.9 Å². The molecule has 0 spiro atoms. The number of benzene rings is 7. The van der Waals surface area contributed by atoms with E-state index in [9.17, 15) is 35.9 Å². The second-order valence-electron chi connectivity index (χ2n) is 13.2. The van der Waals surface area contributed by atoms with Crippen molar-refractivity contribution in [3.8, 4) is 44.9 Å². The van der Waals surface area contributed by atoms with Crippen molar-refractivity contribution in [2.75, 3.05) is 21.3 Å². The van der Waals surface area contributed by atoms with Crippen LogP contribution in [0.25, 0.3) is 50.2 Å². The minimum atomic E-state index is -4.95. The molecule has 0 aromatic heterocycles. The van der Waals surface area contributed by atoms with Gasteiger partial charge in [0.25, 0.3) is 0 Å². The van der Waals surface area contributed by atoms with Gasteiger partial charge in [0, 0.05) is 22.4 Å². The van der Waals surface area contributed by atoms with E-state index in [4.69, 9.17) is 0 Å². The van der Waals surface area contributed by atoms with E-state index in [2.05, 4.69) is 37.3 Å². The SMILES string of the molecule is C=Cc1ccc(-c2ccccc2NC(=O)Nc2ccc(OC(F)(F)F)cc2-c2ccc3cc(-c4ccccc4NC(=O)Nc4ccc(OC(F)(F)F)cc4)ccc3c2)cc1. The zero-order valence-electron chi connectivity index (χ0n) is 31.1. The highest BCUT2D eigenvalue weighted by atomic mass is 19.4. The molecular formula is C46H32F6N4O4. The summed E-state index contributed by atoms with van der Waals surface area (Å²) in [5.41, 5.74) is 6.03. The molecule has 0 aliphatic carbocycles. The van der Waals surface area contributed by atoms with E-state index in [1.165, 1.54) is 24.3 Å². The first-order chi connectivity index (χ1) is 28.7. The summed E-state index contributed by atoms with van der Waals surface area (Å²) in [6.45, 7) is 3.78. The molecule has 4 amide bonds. The number of nitrogens with one attached hydrogen (secondary N) is 4. The van der Waals surface area contributed by atoms with E-state index < -0.39 is 36.3 Å². The number of para-hydroxylation sites is 2. The van der Waals surface area contributed by atoms with E-state index in [1.54, 1.807) is 60.7 Å². The molecule has 7 rings (SSSR count). The second-order valence-corrected chi connectivity index (χ2v) is 13.2. The minimum Gasteiger partial charge on any atom is -0.406 e. The van der Waals surface area contributed by atoms with Crippen LogP contribution in [-0.4, -0.2) is 24.8 Å². The Morgan fingerprint density at radius 2 is 0.917 bits per heavy atom. The van der Waals surface area contributed by atoms with E-state index >= 15 is 0 Å². The minimum absolute atomic E-state index is 0.217. The molecule has 60 heavy (non-hydrogen) atoms. The van der Waals surface area contributed by atoms with Crippen molar-refractivity contribution >= 4 is 51.7 Å². The molecule has 14 heteroatoms. The van der Waals surface area contributed by atoms with Crippen LogP contribution >= 0.6 is 0 Å². The largest absolute Gasteiger partial charge is 0.573 e. The smallest absolute Gasteiger partial charge is 0.406 e. The number of alkyl halides is 6. The first kappa shape index (κ1) is 40.5. The number of carbonyl (C=O) groups is 2. The van der Waals surface area contributed by atoms with E-state index in [-0.39, 0.29) is 16.9 Å². The lowest BCUT2D eigenvalue weighted by molar-refractivity contribution is -0.275. The van der Waals surface area contributed by atoms with Gasteiger partial charge in [-0.2, -0.15) is 0 Å². The number of carbonyl (C=O) groups excluding carboxylic acids is 2. The molecule has 302 valence electrons. The molecule has 0 bridgehead atoms. The summed E-state index contributed by atoms with van der Waals surface area (Å²) in [5.74, 6) is -0.913. The van der Waals surface area contributed by atoms with Gasteiger partial charge in [-0.15, -0.1) is 26.3 Å². The highest BCUT2D eigenvalue weighted by Crippen LogP contribution is 2.38. The van der Waals surface area contributed by atoms with Gasteiger partial charge in [0.1, 0.15) is 11.5 Å². The molecular weight excluding hydrogens is 787 g/mol. The number of fused-ring (bicyclic) bond motifs is 1. The monoisotopic (exact) mass is 818 g/mol. The van der Waals surface area contributed by atoms with Crippen LogP contribution in [0.2, 0.25) is 0 Å². The molecule has 7 aromatic carbocycles. The zero-order valence-corrected chi connectivity index (χ0v) is 31.1. The molecule has 0 saturated carbocycles. The van der Waals surface area contributed by atoms with Crippen LogP contribution in [0.5, 0.6) is 11.5 Å². The maximum atomic E-state index is 13.5. The van der Waals surface area contributed by atoms with Crippen molar-refractivity contribution in [1.29, 1.82) is 0 Å². The first-order valence-corrected chi connectivity index (χ1v) is 18.1. The molecule has 0 heterocycles. The number of halogens is 6. The molecule has 0 unspecified atom stereocenters. The first-order valence-electron chi connectivity index (χ1n) is 18.1. The Bertz CT molecular complexity index is 2700. The second kappa shape index (κ2) is 17.0. The third-order valence-electron chi connectivity index (χ3n) is 9.09. The van der Waals surface area contributed by atoms with Gasteiger partial charge in [0.15, 0.2) is 0 Å². The maximum absolute atomic E-state index is 13.5. The van der Waals surface area contributed by atoms with E-state index in [0.717, 1.165) is 45.8 Å². The lowest BCUT2D eigenvalue weighted by atomic mass is 9.96. The summed E-state index contributed by atoms with van der Waals surface area (Å²) in [5, 5.41) is 12.5. The summed E-state index contributed by atoms with van der Waals surface area (Å²) in [6, 6.07) is 39.6. The summed E-state index contributed by atoms with van der Waals surface area (Å²) in [7, 11) is 0. The van der Waals surface area contributed by atoms with Gasteiger partial charge in [0.05, 0.1) is 17.1 Å². The lowest BCUT2D eigenvalue weighted by Crippen LogP contribution is -2.20. The van der Waals surface area contributed by atoms with Gasteiger partial charge in [-0.05, 0) is 99.8 Å². The predicted molar refractivity (Wildman–Crippen MR) is 222 cm³/mol. The van der Waals surface area contributed by atoms with Crippen LogP contribution < -0.4 is 30.7 Å². The standard InChI is InChI=1S/C46H32F6N4O4/c1-2-28-11-13-29(14-12-28)37-7-3-5-9-40(37)55-44(58)56-42-24-23-36(60-46(50,51)52)27-39(42)33-18-16-30-25-32(17-15-31(30)26-33)38-8-4-6-10-41(38)54-43(57)53-34-19-21-35(22-20-34)59-45(47,48)49/h2-27H,1H2,(H2,53,54,57)(H2,55,56,58). The third kappa shape index (κ3) is 10.2. The number of rotatable bonds is 10. The quantitative estimate of drug-likeness (QED) is 0.103. The number of urea groups is 2. The summed E-state index contributed by atoms with van der Waals surface area (Å²) >= 11 is 0. The molecule has 0 radical (unpaired) electrons. The fourth-order valence-corrected chi connectivity index (χ4v) is 6.44. The van der Waals surface area contributed by atoms with Crippen LogP contribution in [0.4, 0.5) is 58.7 Å². The van der Waals surface area contributed by atoms with Gasteiger partial charge >= 0.3 is 24.8 Å². The van der Waals surface area contributed by atoms with Crippen LogP contribution in [0, 0.1) is 0 Å². The van der Waals surface area contributed by atoms with Crippen molar-refractivity contribution in [2.45, 2.75) is 12.7 Å². The normalized spacial score (nSPS) is 11.4. The number of ether oxygens (including phenoxy) is 2. The van der Waals surface area contributed by atoms with E-state index in [1.807, 2.05) is 54.6 Å². The molecule has 4 N–H and O–H groups in total. The number of anilines is 4. The molecule has 0 atom stereocenters. The Morgan fingerprint density at radius 3 is 1.47 bits per heavy atom. The van der Waals surface area contributed by atoms with Gasteiger partial charge in [0.2, 0.25) is 0 Å². The number of hydrogen-bond acceptors (Lipinski definition) is 4. The van der Waals surface area contributed by atoms with Crippen LogP contribution in [-0.2, 0) is 0 Å². The van der Waals surface area contributed by atoms with Gasteiger partial charge in [-0.25, -0.2) is 9.59 Å². The van der Waals surface area contributed by atoms with Crippen LogP contribution in [0.1, 0.15) is 5.56 Å². The third-order valence-corrected chi connectivity index (χ3v) is 9.09. The Balaban J connectivity index is 1.12. The van der Waals surface area contributed by atoms with Crippen molar-refractivity contribution in [1.82, 2.24) is 0 Å². The van der Waals surface area contributed by atoms with Gasteiger partial charge in [-0.1, -0.05) is 97.6 Å². The molecule has 8 nitrogen and oxygen atoms in total. The van der Waals surface area contributed by atoms with Crippen LogP contribution in [0.15, 0.2) is 158 Å². The zero-order chi connectivity index (χ0) is 42.4. The maximum Gasteiger partial charge on any atom is 0.573 e. The topological polar surface area (TPSA) is 101 Å². The lowest BCUT2D eigenvalue weighted by Gasteiger charge is -2.17. The number of amides is 4. The highest BCUT2D eigenvalue weighted by Gasteiger charge is 2.32. The highest BCUT2D eigenvalue weighted by molar-refractivity contribution is 6.06. The Kier molecular flexibility index (Phi) is 11.5. The average molecular weight is 819 g/mol. The van der Waals surface area contributed by atoms with Crippen molar-refractivity contribution in [3.63, 3.8) is 0 Å². The summed E-state index contributed by atoms with van der Waals surface area (Å²) in [6.07, 6.45) is -8.08. The van der Waals surface area contributed by atoms with Gasteiger partial charge in [-0.3, -0.25) is 0 Å². The molecule has 0 fully saturated rings. The van der Waals surface area contributed by atoms with Crippen molar-refractivity contribution in [3.05, 3.63) is 164 Å². The molecule has 0 aliphatic heterocycles. The Morgan fingerprint density at radius 1 is 0.467 bits per heavy atom. The Labute approximate surface area is 339 Å². The predicted octanol–water partition coefficient (Wildman–Crippen LogP) is 13.6. The average Bonchev–Trinajstić information content (AvgIpc) is 3.21. The fourth-order valence-electron chi connectivity index (χ4n) is 6.44. The summed E-state index contributed by atoms with van der Waals surface area (Å²) < 4.78 is 85.6. The molecule has 7 aromatic rings.